The Morgan fingerprint density at radius 2 is 0.800 bits per heavy atom. The lowest BCUT2D eigenvalue weighted by molar-refractivity contribution is -0.125. The smallest absolute Gasteiger partial charge is 0.222 e. The van der Waals surface area contributed by atoms with E-state index in [9.17, 15) is 20.1 Å². The maximum absolute atomic E-state index is 12.5. The number of carbonyl (C=O) groups excluding carboxylic acids is 1. The summed E-state index contributed by atoms with van der Waals surface area (Å²) < 4.78 is 0. The van der Waals surface area contributed by atoms with Crippen molar-refractivity contribution in [2.45, 2.75) is 263 Å². The molecule has 1 amide bonds. The van der Waals surface area contributed by atoms with Gasteiger partial charge in [0.15, 0.2) is 0 Å². The third kappa shape index (κ3) is 36.9. The summed E-state index contributed by atoms with van der Waals surface area (Å²) in [7, 11) is 0. The van der Waals surface area contributed by atoms with Crippen molar-refractivity contribution < 1.29 is 20.1 Å². The van der Waals surface area contributed by atoms with Crippen LogP contribution in [0.1, 0.15) is 245 Å². The Morgan fingerprint density at radius 1 is 0.480 bits per heavy atom. The zero-order chi connectivity index (χ0) is 36.6. The van der Waals surface area contributed by atoms with Crippen LogP contribution in [0.2, 0.25) is 0 Å². The van der Waals surface area contributed by atoms with E-state index in [2.05, 4.69) is 31.3 Å². The van der Waals surface area contributed by atoms with Gasteiger partial charge in [0.1, 0.15) is 0 Å². The van der Waals surface area contributed by atoms with Crippen LogP contribution >= 0.6 is 0 Å². The molecule has 4 N–H and O–H groups in total. The van der Waals surface area contributed by atoms with Gasteiger partial charge in [-0.15, -0.1) is 0 Å². The Balaban J connectivity index is 3.61. The van der Waals surface area contributed by atoms with Crippen LogP contribution in [0.25, 0.3) is 0 Å². The molecule has 0 saturated carbocycles. The SMILES string of the molecule is CCCCCCCCCC/C=C\CCCCCCCC(O)CC(=O)NC(CO)C(O)CCCCCCCCCCCCCCCCCCCC. The Labute approximate surface area is 312 Å². The van der Waals surface area contributed by atoms with E-state index >= 15 is 0 Å². The fourth-order valence-electron chi connectivity index (χ4n) is 7.11. The van der Waals surface area contributed by atoms with Crippen LogP contribution in [0.15, 0.2) is 12.2 Å². The number of rotatable bonds is 41. The molecule has 0 rings (SSSR count). The Kier molecular flexibility index (Phi) is 40.1. The lowest BCUT2D eigenvalue weighted by atomic mass is 10.0. The van der Waals surface area contributed by atoms with Crippen LogP contribution < -0.4 is 5.32 Å². The van der Waals surface area contributed by atoms with Crippen molar-refractivity contribution in [3.63, 3.8) is 0 Å². The summed E-state index contributed by atoms with van der Waals surface area (Å²) in [5, 5.41) is 33.4. The van der Waals surface area contributed by atoms with E-state index in [0.29, 0.717) is 12.8 Å². The maximum Gasteiger partial charge on any atom is 0.222 e. The van der Waals surface area contributed by atoms with E-state index < -0.39 is 18.2 Å². The number of aliphatic hydroxyl groups is 3. The fraction of sp³-hybridized carbons (Fsp3) is 0.933. The molecule has 298 valence electrons. The second-order valence-electron chi connectivity index (χ2n) is 15.7. The molecule has 0 aromatic rings. The highest BCUT2D eigenvalue weighted by Crippen LogP contribution is 2.16. The molecule has 0 spiro atoms. The van der Waals surface area contributed by atoms with Gasteiger partial charge >= 0.3 is 0 Å². The predicted octanol–water partition coefficient (Wildman–Crippen LogP) is 12.8. The minimum atomic E-state index is -0.748. The molecule has 3 atom stereocenters. The number of hydrogen-bond acceptors (Lipinski definition) is 4. The van der Waals surface area contributed by atoms with Gasteiger partial charge in [-0.05, 0) is 38.5 Å². The summed E-state index contributed by atoms with van der Waals surface area (Å²) in [5.74, 6) is -0.285. The van der Waals surface area contributed by atoms with Crippen molar-refractivity contribution in [2.75, 3.05) is 6.61 Å². The van der Waals surface area contributed by atoms with Gasteiger partial charge in [-0.1, -0.05) is 212 Å². The van der Waals surface area contributed by atoms with Crippen LogP contribution in [-0.4, -0.2) is 46.1 Å². The lowest BCUT2D eigenvalue weighted by Crippen LogP contribution is -2.46. The lowest BCUT2D eigenvalue weighted by Gasteiger charge is -2.23. The third-order valence-electron chi connectivity index (χ3n) is 10.6. The van der Waals surface area contributed by atoms with Crippen LogP contribution in [0, 0.1) is 0 Å². The van der Waals surface area contributed by atoms with Gasteiger partial charge in [0.05, 0.1) is 31.3 Å². The molecule has 0 aromatic heterocycles. The molecule has 0 aliphatic heterocycles. The molecule has 0 aliphatic rings. The first kappa shape index (κ1) is 49.1. The molecular weight excluding hydrogens is 618 g/mol. The molecular formula is C45H89NO4. The van der Waals surface area contributed by atoms with Gasteiger partial charge in [0.25, 0.3) is 0 Å². The molecule has 0 heterocycles. The van der Waals surface area contributed by atoms with Crippen LogP contribution in [0.4, 0.5) is 0 Å². The van der Waals surface area contributed by atoms with E-state index in [0.717, 1.165) is 32.1 Å². The number of hydrogen-bond donors (Lipinski definition) is 4. The molecule has 0 saturated heterocycles. The molecule has 5 nitrogen and oxygen atoms in total. The third-order valence-corrected chi connectivity index (χ3v) is 10.6. The zero-order valence-electron chi connectivity index (χ0n) is 33.8. The van der Waals surface area contributed by atoms with Gasteiger partial charge in [0, 0.05) is 0 Å². The van der Waals surface area contributed by atoms with Crippen LogP contribution in [0.5, 0.6) is 0 Å². The average Bonchev–Trinajstić information content (AvgIpc) is 3.11. The Morgan fingerprint density at radius 3 is 1.16 bits per heavy atom. The van der Waals surface area contributed by atoms with Crippen molar-refractivity contribution in [1.29, 1.82) is 0 Å². The Bertz CT molecular complexity index is 699. The van der Waals surface area contributed by atoms with E-state index in [1.807, 2.05) is 0 Å². The van der Waals surface area contributed by atoms with Crippen molar-refractivity contribution in [3.05, 3.63) is 12.2 Å². The highest BCUT2D eigenvalue weighted by Gasteiger charge is 2.21. The molecule has 50 heavy (non-hydrogen) atoms. The molecule has 5 heteroatoms. The van der Waals surface area contributed by atoms with Crippen LogP contribution in [0.3, 0.4) is 0 Å². The normalized spacial score (nSPS) is 13.6. The number of aliphatic hydroxyl groups excluding tert-OH is 3. The average molecular weight is 708 g/mol. The van der Waals surface area contributed by atoms with E-state index in [1.165, 1.54) is 180 Å². The summed E-state index contributed by atoms with van der Waals surface area (Å²) in [6.45, 7) is 4.27. The minimum Gasteiger partial charge on any atom is -0.394 e. The van der Waals surface area contributed by atoms with Crippen molar-refractivity contribution in [1.82, 2.24) is 5.32 Å². The molecule has 3 unspecified atom stereocenters. The summed E-state index contributed by atoms with van der Waals surface area (Å²) in [5.41, 5.74) is 0. The summed E-state index contributed by atoms with van der Waals surface area (Å²) in [6, 6.07) is -0.658. The van der Waals surface area contributed by atoms with Gasteiger partial charge in [-0.25, -0.2) is 0 Å². The monoisotopic (exact) mass is 708 g/mol. The van der Waals surface area contributed by atoms with Crippen LogP contribution in [-0.2, 0) is 4.79 Å². The summed E-state index contributed by atoms with van der Waals surface area (Å²) in [4.78, 5) is 12.5. The number of amides is 1. The summed E-state index contributed by atoms with van der Waals surface area (Å²) in [6.07, 6.45) is 47.5. The maximum atomic E-state index is 12.5. The molecule has 0 aliphatic carbocycles. The molecule has 0 fully saturated rings. The highest BCUT2D eigenvalue weighted by atomic mass is 16.3. The largest absolute Gasteiger partial charge is 0.394 e. The molecule has 0 bridgehead atoms. The quantitative estimate of drug-likeness (QED) is 0.0376. The first-order chi connectivity index (χ1) is 24.5. The van der Waals surface area contributed by atoms with Crippen molar-refractivity contribution in [3.8, 4) is 0 Å². The second-order valence-corrected chi connectivity index (χ2v) is 15.7. The molecule has 0 radical (unpaired) electrons. The molecule has 0 aromatic carbocycles. The Hall–Kier alpha value is -0.910. The fourth-order valence-corrected chi connectivity index (χ4v) is 7.11. The predicted molar refractivity (Wildman–Crippen MR) is 218 cm³/mol. The first-order valence-corrected chi connectivity index (χ1v) is 22.5. The van der Waals surface area contributed by atoms with Gasteiger partial charge < -0.3 is 20.6 Å². The first-order valence-electron chi connectivity index (χ1n) is 22.5. The van der Waals surface area contributed by atoms with E-state index in [1.54, 1.807) is 0 Å². The van der Waals surface area contributed by atoms with E-state index in [-0.39, 0.29) is 18.9 Å². The number of allylic oxidation sites excluding steroid dienone is 2. The van der Waals surface area contributed by atoms with Crippen molar-refractivity contribution >= 4 is 5.91 Å². The van der Waals surface area contributed by atoms with Crippen molar-refractivity contribution in [2.24, 2.45) is 0 Å². The number of nitrogens with one attached hydrogen (secondary N) is 1. The number of carbonyl (C=O) groups is 1. The number of unbranched alkanes of at least 4 members (excludes halogenated alkanes) is 30. The summed E-state index contributed by atoms with van der Waals surface area (Å²) >= 11 is 0. The topological polar surface area (TPSA) is 89.8 Å². The van der Waals surface area contributed by atoms with Gasteiger partial charge in [-0.2, -0.15) is 0 Å². The van der Waals surface area contributed by atoms with E-state index in [4.69, 9.17) is 0 Å². The zero-order valence-corrected chi connectivity index (χ0v) is 33.8. The van der Waals surface area contributed by atoms with Gasteiger partial charge in [-0.3, -0.25) is 4.79 Å². The standard InChI is InChI=1S/C45H89NO4/c1-3-5-7-9-11-13-15-17-19-21-23-25-27-29-31-33-35-37-39-44(49)43(41-47)46-45(50)40-42(48)38-36-34-32-30-28-26-24-22-20-18-16-14-12-10-8-6-4-2/h22,24,42-44,47-49H,3-21,23,25-41H2,1-2H3,(H,46,50)/b24-22-. The highest BCUT2D eigenvalue weighted by molar-refractivity contribution is 5.76. The second kappa shape index (κ2) is 40.9. The van der Waals surface area contributed by atoms with Gasteiger partial charge in [0.2, 0.25) is 5.91 Å². The minimum absolute atomic E-state index is 0.0338.